The molecular formula is C23H19N3O5. The van der Waals surface area contributed by atoms with Crippen LogP contribution in [-0.2, 0) is 20.7 Å². The zero-order valence-corrected chi connectivity index (χ0v) is 16.4. The first kappa shape index (κ1) is 21.3. The average molecular weight is 417 g/mol. The molecule has 156 valence electrons. The molecule has 1 heterocycles. The van der Waals surface area contributed by atoms with Crippen molar-refractivity contribution in [3.8, 4) is 6.07 Å². The van der Waals surface area contributed by atoms with E-state index in [4.69, 9.17) is 14.4 Å². The summed E-state index contributed by atoms with van der Waals surface area (Å²) in [6, 6.07) is 19.4. The van der Waals surface area contributed by atoms with Gasteiger partial charge in [0.05, 0.1) is 17.9 Å². The van der Waals surface area contributed by atoms with Crippen LogP contribution in [0.15, 0.2) is 77.4 Å². The molecule has 0 saturated heterocycles. The van der Waals surface area contributed by atoms with Gasteiger partial charge in [-0.1, -0.05) is 36.4 Å². The second-order valence-corrected chi connectivity index (χ2v) is 6.54. The van der Waals surface area contributed by atoms with E-state index in [-0.39, 0.29) is 12.2 Å². The molecule has 0 aliphatic heterocycles. The molecule has 1 atom stereocenters. The van der Waals surface area contributed by atoms with Crippen LogP contribution in [-0.4, -0.2) is 30.4 Å². The molecule has 2 N–H and O–H groups in total. The van der Waals surface area contributed by atoms with Crippen molar-refractivity contribution in [3.05, 3.63) is 89.9 Å². The Hall–Kier alpha value is -4.38. The zero-order valence-electron chi connectivity index (χ0n) is 16.4. The lowest BCUT2D eigenvalue weighted by molar-refractivity contribution is -0.149. The number of furan rings is 1. The molecule has 31 heavy (non-hydrogen) atoms. The van der Waals surface area contributed by atoms with Gasteiger partial charge in [0.25, 0.3) is 11.8 Å². The highest BCUT2D eigenvalue weighted by Crippen LogP contribution is 2.10. The fraction of sp³-hybridized carbons (Fsp3) is 0.130. The van der Waals surface area contributed by atoms with Crippen molar-refractivity contribution in [3.63, 3.8) is 0 Å². The molecule has 0 unspecified atom stereocenters. The van der Waals surface area contributed by atoms with Crippen molar-refractivity contribution >= 4 is 23.5 Å². The third kappa shape index (κ3) is 6.30. The minimum Gasteiger partial charge on any atom is -0.459 e. The molecule has 0 saturated carbocycles. The maximum Gasteiger partial charge on any atom is 0.329 e. The Kier molecular flexibility index (Phi) is 7.16. The molecule has 0 radical (unpaired) electrons. The lowest BCUT2D eigenvalue weighted by Gasteiger charge is -2.17. The van der Waals surface area contributed by atoms with E-state index in [2.05, 4.69) is 10.6 Å². The van der Waals surface area contributed by atoms with Crippen LogP contribution in [0.2, 0.25) is 0 Å². The van der Waals surface area contributed by atoms with Gasteiger partial charge < -0.3 is 19.8 Å². The molecule has 1 aromatic heterocycles. The van der Waals surface area contributed by atoms with E-state index in [0.717, 1.165) is 5.56 Å². The fourth-order valence-corrected chi connectivity index (χ4v) is 2.78. The van der Waals surface area contributed by atoms with Gasteiger partial charge in [-0.05, 0) is 35.9 Å². The second-order valence-electron chi connectivity index (χ2n) is 6.54. The minimum atomic E-state index is -1.02. The highest BCUT2D eigenvalue weighted by atomic mass is 16.5. The number of ether oxygens (including phenoxy) is 1. The Labute approximate surface area is 178 Å². The summed E-state index contributed by atoms with van der Waals surface area (Å²) in [5, 5.41) is 14.1. The van der Waals surface area contributed by atoms with E-state index in [0.29, 0.717) is 11.3 Å². The number of hydrogen-bond donors (Lipinski definition) is 2. The largest absolute Gasteiger partial charge is 0.459 e. The standard InChI is InChI=1S/C23H19N3O5/c24-14-17-8-4-9-18(12-17)25-21(27)15-31-23(29)19(13-16-6-2-1-3-7-16)26-22(28)20-10-5-11-30-20/h1-12,19H,13,15H2,(H,25,27)(H,26,28)/t19-/m0/s1. The summed E-state index contributed by atoms with van der Waals surface area (Å²) >= 11 is 0. The van der Waals surface area contributed by atoms with Crippen molar-refractivity contribution in [2.45, 2.75) is 12.5 Å². The third-order valence-electron chi connectivity index (χ3n) is 4.24. The van der Waals surface area contributed by atoms with Gasteiger partial charge in [0.15, 0.2) is 12.4 Å². The maximum atomic E-state index is 12.6. The molecule has 0 aliphatic rings. The summed E-state index contributed by atoms with van der Waals surface area (Å²) in [5.74, 6) is -1.84. The van der Waals surface area contributed by atoms with Crippen LogP contribution in [0.25, 0.3) is 0 Å². The number of carbonyl (C=O) groups is 3. The van der Waals surface area contributed by atoms with E-state index in [1.54, 1.807) is 24.3 Å². The maximum absolute atomic E-state index is 12.6. The lowest BCUT2D eigenvalue weighted by atomic mass is 10.1. The number of carbonyl (C=O) groups excluding carboxylic acids is 3. The Bertz CT molecular complexity index is 1090. The van der Waals surface area contributed by atoms with Crippen molar-refractivity contribution < 1.29 is 23.5 Å². The first-order valence-corrected chi connectivity index (χ1v) is 9.40. The number of anilines is 1. The van der Waals surface area contributed by atoms with Crippen LogP contribution in [0.5, 0.6) is 0 Å². The van der Waals surface area contributed by atoms with Crippen molar-refractivity contribution in [2.24, 2.45) is 0 Å². The Morgan fingerprint density at radius 1 is 1.03 bits per heavy atom. The number of nitrogens with zero attached hydrogens (tertiary/aromatic N) is 1. The highest BCUT2D eigenvalue weighted by Gasteiger charge is 2.25. The summed E-state index contributed by atoms with van der Waals surface area (Å²) in [7, 11) is 0. The fourth-order valence-electron chi connectivity index (χ4n) is 2.78. The summed E-state index contributed by atoms with van der Waals surface area (Å²) in [4.78, 5) is 37.1. The number of rotatable bonds is 8. The van der Waals surface area contributed by atoms with Crippen LogP contribution in [0, 0.1) is 11.3 Å². The van der Waals surface area contributed by atoms with Crippen LogP contribution in [0.4, 0.5) is 5.69 Å². The Morgan fingerprint density at radius 3 is 2.55 bits per heavy atom. The summed E-state index contributed by atoms with van der Waals surface area (Å²) in [5.41, 5.74) is 1.60. The predicted octanol–water partition coefficient (Wildman–Crippen LogP) is 2.67. The van der Waals surface area contributed by atoms with Crippen LogP contribution < -0.4 is 10.6 Å². The van der Waals surface area contributed by atoms with Gasteiger partial charge in [-0.2, -0.15) is 5.26 Å². The van der Waals surface area contributed by atoms with E-state index < -0.39 is 30.4 Å². The first-order chi connectivity index (χ1) is 15.0. The number of nitriles is 1. The third-order valence-corrected chi connectivity index (χ3v) is 4.24. The molecule has 2 aromatic carbocycles. The van der Waals surface area contributed by atoms with Gasteiger partial charge in [-0.15, -0.1) is 0 Å². The smallest absolute Gasteiger partial charge is 0.329 e. The van der Waals surface area contributed by atoms with Gasteiger partial charge in [0.2, 0.25) is 0 Å². The summed E-state index contributed by atoms with van der Waals surface area (Å²) in [6.45, 7) is -0.544. The topological polar surface area (TPSA) is 121 Å². The molecule has 0 aliphatic carbocycles. The number of nitrogens with one attached hydrogen (secondary N) is 2. The Morgan fingerprint density at radius 2 is 1.84 bits per heavy atom. The molecule has 8 heteroatoms. The van der Waals surface area contributed by atoms with Gasteiger partial charge in [-0.3, -0.25) is 9.59 Å². The molecular weight excluding hydrogens is 398 g/mol. The quantitative estimate of drug-likeness (QED) is 0.544. The molecule has 0 fully saturated rings. The Balaban J connectivity index is 1.62. The normalized spacial score (nSPS) is 11.1. The average Bonchev–Trinajstić information content (AvgIpc) is 3.33. The van der Waals surface area contributed by atoms with E-state index in [9.17, 15) is 14.4 Å². The number of amides is 2. The highest BCUT2D eigenvalue weighted by molar-refractivity contribution is 5.96. The van der Waals surface area contributed by atoms with Gasteiger partial charge in [-0.25, -0.2) is 4.79 Å². The number of esters is 1. The second kappa shape index (κ2) is 10.4. The molecule has 2 amide bonds. The number of benzene rings is 2. The minimum absolute atomic E-state index is 0.0565. The van der Waals surface area contributed by atoms with Gasteiger partial charge in [0.1, 0.15) is 6.04 Å². The van der Waals surface area contributed by atoms with Crippen LogP contribution in [0.3, 0.4) is 0 Å². The SMILES string of the molecule is N#Cc1cccc(NC(=O)COC(=O)[C@H](Cc2ccccc2)NC(=O)c2ccco2)c1. The molecule has 3 rings (SSSR count). The molecule has 0 spiro atoms. The zero-order chi connectivity index (χ0) is 22.1. The molecule has 8 nitrogen and oxygen atoms in total. The summed E-state index contributed by atoms with van der Waals surface area (Å²) < 4.78 is 10.2. The monoisotopic (exact) mass is 417 g/mol. The van der Waals surface area contributed by atoms with Gasteiger partial charge >= 0.3 is 5.97 Å². The van der Waals surface area contributed by atoms with E-state index in [1.165, 1.54) is 18.4 Å². The van der Waals surface area contributed by atoms with Gasteiger partial charge in [0, 0.05) is 12.1 Å². The first-order valence-electron chi connectivity index (χ1n) is 9.40. The lowest BCUT2D eigenvalue weighted by Crippen LogP contribution is -2.44. The van der Waals surface area contributed by atoms with Crippen molar-refractivity contribution in [2.75, 3.05) is 11.9 Å². The number of hydrogen-bond acceptors (Lipinski definition) is 6. The van der Waals surface area contributed by atoms with Crippen LogP contribution in [0.1, 0.15) is 21.7 Å². The van der Waals surface area contributed by atoms with Crippen LogP contribution >= 0.6 is 0 Å². The molecule has 3 aromatic rings. The van der Waals surface area contributed by atoms with E-state index >= 15 is 0 Å². The van der Waals surface area contributed by atoms with Crippen molar-refractivity contribution in [1.82, 2.24) is 5.32 Å². The summed E-state index contributed by atoms with van der Waals surface area (Å²) in [6.07, 6.45) is 1.53. The predicted molar refractivity (Wildman–Crippen MR) is 111 cm³/mol. The van der Waals surface area contributed by atoms with Crippen molar-refractivity contribution in [1.29, 1.82) is 5.26 Å². The van der Waals surface area contributed by atoms with E-state index in [1.807, 2.05) is 36.4 Å². The molecule has 0 bridgehead atoms.